The zero-order valence-electron chi connectivity index (χ0n) is 19.1. The van der Waals surface area contributed by atoms with Crippen molar-refractivity contribution in [3.63, 3.8) is 0 Å². The van der Waals surface area contributed by atoms with E-state index < -0.39 is 0 Å². The van der Waals surface area contributed by atoms with Gasteiger partial charge >= 0.3 is 0 Å². The third kappa shape index (κ3) is 2.65. The number of benzene rings is 2. The molecular formula is C26H24N8. The molecule has 2 fully saturated rings. The minimum absolute atomic E-state index is 0.445. The SMILES string of the molecule is Cn1c(C2CC3(CNC3)C2)nc(-c2ccc3c(cnn3C)c2)c1-c1cc(C#N)cc2[nH]ncc12. The van der Waals surface area contributed by atoms with Gasteiger partial charge in [0, 0.05) is 55.0 Å². The standard InChI is InChI=1S/C26H24N8/c1-33-24(19-5-15(10-27)6-21-20(19)12-29-32-21)23(16-3-4-22-17(7-16)11-30-34(22)2)31-25(33)18-8-26(9-18)13-28-14-26/h3-7,11-12,18,28H,8-9,13-14H2,1-2H3,(H,29,32). The summed E-state index contributed by atoms with van der Waals surface area (Å²) in [4.78, 5) is 5.26. The van der Waals surface area contributed by atoms with Crippen LogP contribution >= 0.6 is 0 Å². The molecule has 8 nitrogen and oxygen atoms in total. The Kier molecular flexibility index (Phi) is 3.89. The van der Waals surface area contributed by atoms with Gasteiger partial charge in [0.1, 0.15) is 5.82 Å². The fourth-order valence-corrected chi connectivity index (χ4v) is 5.95. The summed E-state index contributed by atoms with van der Waals surface area (Å²) in [7, 11) is 4.07. The smallest absolute Gasteiger partial charge is 0.112 e. The van der Waals surface area contributed by atoms with Gasteiger partial charge in [-0.2, -0.15) is 15.5 Å². The minimum atomic E-state index is 0.445. The summed E-state index contributed by atoms with van der Waals surface area (Å²) < 4.78 is 4.13. The molecular weight excluding hydrogens is 424 g/mol. The highest BCUT2D eigenvalue weighted by atomic mass is 15.2. The van der Waals surface area contributed by atoms with E-state index in [0.717, 1.165) is 63.2 Å². The molecule has 0 bridgehead atoms. The Balaban J connectivity index is 1.46. The molecule has 1 saturated heterocycles. The molecule has 2 N–H and O–H groups in total. The van der Waals surface area contributed by atoms with E-state index in [9.17, 15) is 5.26 Å². The number of aromatic amines is 1. The van der Waals surface area contributed by atoms with Crippen LogP contribution in [0.1, 0.15) is 30.1 Å². The van der Waals surface area contributed by atoms with Crippen LogP contribution in [0.2, 0.25) is 0 Å². The van der Waals surface area contributed by atoms with Crippen LogP contribution in [0, 0.1) is 16.7 Å². The van der Waals surface area contributed by atoms with Crippen molar-refractivity contribution in [3.05, 3.63) is 54.1 Å². The largest absolute Gasteiger partial charge is 0.330 e. The van der Waals surface area contributed by atoms with Crippen LogP contribution in [0.25, 0.3) is 44.3 Å². The van der Waals surface area contributed by atoms with Gasteiger partial charge in [0.15, 0.2) is 0 Å². The molecule has 1 saturated carbocycles. The Hall–Kier alpha value is -3.96. The van der Waals surface area contributed by atoms with E-state index >= 15 is 0 Å². The van der Waals surface area contributed by atoms with Gasteiger partial charge in [-0.25, -0.2) is 4.98 Å². The highest BCUT2D eigenvalue weighted by Crippen LogP contribution is 2.54. The number of aryl methyl sites for hydroxylation is 1. The van der Waals surface area contributed by atoms with Crippen molar-refractivity contribution in [1.82, 2.24) is 34.8 Å². The lowest BCUT2D eigenvalue weighted by atomic mass is 9.58. The fourth-order valence-electron chi connectivity index (χ4n) is 5.95. The van der Waals surface area contributed by atoms with Crippen LogP contribution in [0.3, 0.4) is 0 Å². The average molecular weight is 449 g/mol. The molecule has 2 aromatic carbocycles. The van der Waals surface area contributed by atoms with Gasteiger partial charge < -0.3 is 9.88 Å². The molecule has 34 heavy (non-hydrogen) atoms. The van der Waals surface area contributed by atoms with E-state index in [0.29, 0.717) is 16.9 Å². The summed E-state index contributed by atoms with van der Waals surface area (Å²) in [5.41, 5.74) is 7.00. The monoisotopic (exact) mass is 448 g/mol. The van der Waals surface area contributed by atoms with Gasteiger partial charge in [0.2, 0.25) is 0 Å². The molecule has 4 heterocycles. The van der Waals surface area contributed by atoms with Crippen molar-refractivity contribution in [2.24, 2.45) is 19.5 Å². The summed E-state index contributed by atoms with van der Waals surface area (Å²) >= 11 is 0. The fraction of sp³-hybridized carbons (Fsp3) is 0.308. The van der Waals surface area contributed by atoms with E-state index in [1.807, 2.05) is 36.3 Å². The van der Waals surface area contributed by atoms with Crippen LogP contribution in [0.5, 0.6) is 0 Å². The lowest BCUT2D eigenvalue weighted by Gasteiger charge is -2.54. The second kappa shape index (κ2) is 6.78. The number of fused-ring (bicyclic) bond motifs is 2. The number of rotatable bonds is 3. The molecule has 0 atom stereocenters. The van der Waals surface area contributed by atoms with Gasteiger partial charge in [0.25, 0.3) is 0 Å². The third-order valence-electron chi connectivity index (χ3n) is 7.82. The average Bonchev–Trinajstić information content (AvgIpc) is 3.49. The second-order valence-electron chi connectivity index (χ2n) is 9.94. The van der Waals surface area contributed by atoms with E-state index in [4.69, 9.17) is 4.98 Å². The maximum atomic E-state index is 9.69. The van der Waals surface area contributed by atoms with Crippen molar-refractivity contribution in [2.75, 3.05) is 13.1 Å². The summed E-state index contributed by atoms with van der Waals surface area (Å²) in [6, 6.07) is 12.5. The van der Waals surface area contributed by atoms with Crippen molar-refractivity contribution >= 4 is 21.8 Å². The number of aromatic nitrogens is 6. The molecule has 0 unspecified atom stereocenters. The van der Waals surface area contributed by atoms with Crippen LogP contribution in [0.15, 0.2) is 42.7 Å². The first-order valence-corrected chi connectivity index (χ1v) is 11.6. The molecule has 7 rings (SSSR count). The summed E-state index contributed by atoms with van der Waals surface area (Å²) in [6.45, 7) is 2.23. The molecule has 0 radical (unpaired) electrons. The number of nitrogens with one attached hydrogen (secondary N) is 2. The number of imidazole rings is 1. The molecule has 2 aliphatic rings. The van der Waals surface area contributed by atoms with Gasteiger partial charge in [0.05, 0.1) is 46.4 Å². The number of hydrogen-bond donors (Lipinski definition) is 2. The van der Waals surface area contributed by atoms with Gasteiger partial charge in [-0.15, -0.1) is 0 Å². The summed E-state index contributed by atoms with van der Waals surface area (Å²) in [5, 5.41) is 26.9. The van der Waals surface area contributed by atoms with E-state index in [1.165, 1.54) is 12.8 Å². The van der Waals surface area contributed by atoms with E-state index in [2.05, 4.69) is 56.5 Å². The van der Waals surface area contributed by atoms with Crippen molar-refractivity contribution in [1.29, 1.82) is 5.26 Å². The summed E-state index contributed by atoms with van der Waals surface area (Å²) in [5.74, 6) is 1.56. The number of H-pyrrole nitrogens is 1. The third-order valence-corrected chi connectivity index (χ3v) is 7.82. The Labute approximate surface area is 196 Å². The van der Waals surface area contributed by atoms with Crippen LogP contribution in [-0.4, -0.2) is 42.6 Å². The predicted octanol–water partition coefficient (Wildman–Crippen LogP) is 3.86. The lowest BCUT2D eigenvalue weighted by Crippen LogP contribution is -2.59. The van der Waals surface area contributed by atoms with E-state index in [1.54, 1.807) is 0 Å². The number of hydrogen-bond acceptors (Lipinski definition) is 5. The van der Waals surface area contributed by atoms with Crippen molar-refractivity contribution in [2.45, 2.75) is 18.8 Å². The molecule has 168 valence electrons. The highest BCUT2D eigenvalue weighted by molar-refractivity contribution is 5.99. The Morgan fingerprint density at radius 2 is 1.97 bits per heavy atom. The molecule has 5 aromatic rings. The van der Waals surface area contributed by atoms with E-state index in [-0.39, 0.29) is 0 Å². The molecule has 1 aliphatic carbocycles. The first-order chi connectivity index (χ1) is 16.5. The van der Waals surface area contributed by atoms with Crippen LogP contribution in [-0.2, 0) is 14.1 Å². The normalized spacial score (nSPS) is 17.2. The van der Waals surface area contributed by atoms with Gasteiger partial charge in [-0.1, -0.05) is 6.07 Å². The molecule has 8 heteroatoms. The zero-order valence-corrected chi connectivity index (χ0v) is 19.1. The highest BCUT2D eigenvalue weighted by Gasteiger charge is 2.50. The maximum Gasteiger partial charge on any atom is 0.112 e. The molecule has 1 spiro atoms. The molecule has 0 amide bonds. The number of nitriles is 1. The maximum absolute atomic E-state index is 9.69. The second-order valence-corrected chi connectivity index (χ2v) is 9.94. The van der Waals surface area contributed by atoms with Crippen LogP contribution < -0.4 is 5.32 Å². The Bertz CT molecular complexity index is 1630. The zero-order chi connectivity index (χ0) is 23.0. The first kappa shape index (κ1) is 19.5. The minimum Gasteiger partial charge on any atom is -0.330 e. The quantitative estimate of drug-likeness (QED) is 0.437. The summed E-state index contributed by atoms with van der Waals surface area (Å²) in [6.07, 6.45) is 6.08. The Morgan fingerprint density at radius 1 is 1.12 bits per heavy atom. The van der Waals surface area contributed by atoms with Gasteiger partial charge in [-0.05, 0) is 42.5 Å². The Morgan fingerprint density at radius 3 is 2.74 bits per heavy atom. The lowest BCUT2D eigenvalue weighted by molar-refractivity contribution is 0.0321. The first-order valence-electron chi connectivity index (χ1n) is 11.6. The molecule has 3 aromatic heterocycles. The number of nitrogens with zero attached hydrogens (tertiary/aromatic N) is 6. The van der Waals surface area contributed by atoms with Crippen molar-refractivity contribution < 1.29 is 0 Å². The van der Waals surface area contributed by atoms with Gasteiger partial charge in [-0.3, -0.25) is 9.78 Å². The van der Waals surface area contributed by atoms with Crippen molar-refractivity contribution in [3.8, 4) is 28.6 Å². The van der Waals surface area contributed by atoms with Crippen LogP contribution in [0.4, 0.5) is 0 Å². The predicted molar refractivity (Wildman–Crippen MR) is 130 cm³/mol. The topological polar surface area (TPSA) is 100 Å². The molecule has 1 aliphatic heterocycles.